The monoisotopic (exact) mass is 431 g/mol. The highest BCUT2D eigenvalue weighted by Gasteiger charge is 2.29. The molecule has 0 aromatic heterocycles. The zero-order chi connectivity index (χ0) is 22.8. The number of amides is 4. The molecule has 30 heavy (non-hydrogen) atoms. The first-order chi connectivity index (χ1) is 14.1. The van der Waals surface area contributed by atoms with Crippen LogP contribution in [-0.4, -0.2) is 94.9 Å². The van der Waals surface area contributed by atoms with Gasteiger partial charge in [-0.15, -0.1) is 0 Å². The molecule has 1 aliphatic heterocycles. The van der Waals surface area contributed by atoms with Gasteiger partial charge in [-0.1, -0.05) is 0 Å². The fourth-order valence-corrected chi connectivity index (χ4v) is 2.64. The molecule has 5 atom stereocenters. The van der Waals surface area contributed by atoms with Crippen LogP contribution >= 0.6 is 0 Å². The second-order valence-corrected chi connectivity index (χ2v) is 6.94. The highest BCUT2D eigenvalue weighted by atomic mass is 16.4. The van der Waals surface area contributed by atoms with Crippen molar-refractivity contribution < 1.29 is 39.3 Å². The number of hydrogen-bond donors (Lipinski definition) is 8. The van der Waals surface area contributed by atoms with E-state index in [0.717, 1.165) is 6.42 Å². The maximum absolute atomic E-state index is 12.2. The fourth-order valence-electron chi connectivity index (χ4n) is 2.64. The van der Waals surface area contributed by atoms with Gasteiger partial charge in [0.05, 0.1) is 19.3 Å². The molecule has 0 radical (unpaired) electrons. The van der Waals surface area contributed by atoms with Gasteiger partial charge in [0.25, 0.3) is 0 Å². The maximum Gasteiger partial charge on any atom is 0.328 e. The van der Waals surface area contributed by atoms with Crippen molar-refractivity contribution in [2.75, 3.05) is 19.8 Å². The molecule has 13 heteroatoms. The number of carboxylic acid groups (broad SMARTS) is 1. The van der Waals surface area contributed by atoms with Gasteiger partial charge in [-0.3, -0.25) is 19.2 Å². The minimum absolute atomic E-state index is 0.345. The van der Waals surface area contributed by atoms with Crippen molar-refractivity contribution in [3.63, 3.8) is 0 Å². The van der Waals surface area contributed by atoms with Crippen molar-refractivity contribution >= 4 is 29.6 Å². The molecule has 0 spiro atoms. The number of nitrogens with one attached hydrogen (secondary N) is 5. The van der Waals surface area contributed by atoms with Crippen LogP contribution in [0.2, 0.25) is 0 Å². The lowest BCUT2D eigenvalue weighted by molar-refractivity contribution is -0.143. The standard InChI is InChI=1S/C17H29N5O8/c1-8(19-15(27)10-4-3-5-18-10)13(25)21-11(6-23)16(28)20-9(2)14(26)22-12(7-24)17(29)30/h8-12,18,23-24H,3-7H2,1-2H3,(H,19,27)(H,20,28)(H,21,25)(H,22,26)(H,29,30)/t8-,9+,10-,11-,12-/m0/s1. The quantitative estimate of drug-likeness (QED) is 0.159. The molecule has 1 heterocycles. The molecule has 13 nitrogen and oxygen atoms in total. The lowest BCUT2D eigenvalue weighted by Crippen LogP contribution is -2.58. The summed E-state index contributed by atoms with van der Waals surface area (Å²) in [6.45, 7) is 1.79. The van der Waals surface area contributed by atoms with Gasteiger partial charge in [-0.25, -0.2) is 4.79 Å². The SMILES string of the molecule is C[C@H](NC(=O)[C@@H]1CCCN1)C(=O)N[C@@H](CO)C(=O)N[C@H](C)C(=O)N[C@@H](CO)C(=O)O. The average Bonchev–Trinajstić information content (AvgIpc) is 3.24. The van der Waals surface area contributed by atoms with Crippen LogP contribution in [-0.2, 0) is 24.0 Å². The number of aliphatic hydroxyl groups excluding tert-OH is 2. The van der Waals surface area contributed by atoms with Gasteiger partial charge >= 0.3 is 5.97 Å². The number of rotatable bonds is 11. The van der Waals surface area contributed by atoms with Crippen LogP contribution < -0.4 is 26.6 Å². The van der Waals surface area contributed by atoms with Crippen molar-refractivity contribution in [3.8, 4) is 0 Å². The Morgan fingerprint density at radius 1 is 0.867 bits per heavy atom. The van der Waals surface area contributed by atoms with Crippen molar-refractivity contribution in [1.29, 1.82) is 0 Å². The molecule has 0 saturated carbocycles. The first kappa shape index (κ1) is 25.3. The van der Waals surface area contributed by atoms with Crippen molar-refractivity contribution in [1.82, 2.24) is 26.6 Å². The molecule has 1 aliphatic rings. The molecule has 1 fully saturated rings. The minimum Gasteiger partial charge on any atom is -0.480 e. The predicted octanol–water partition coefficient (Wildman–Crippen LogP) is -4.21. The van der Waals surface area contributed by atoms with Gasteiger partial charge in [-0.2, -0.15) is 0 Å². The number of hydrogen-bond acceptors (Lipinski definition) is 8. The number of carbonyl (C=O) groups excluding carboxylic acids is 4. The highest BCUT2D eigenvalue weighted by molar-refractivity contribution is 5.95. The van der Waals surface area contributed by atoms with Gasteiger partial charge in [0.2, 0.25) is 23.6 Å². The molecule has 0 aromatic carbocycles. The van der Waals surface area contributed by atoms with E-state index in [0.29, 0.717) is 13.0 Å². The van der Waals surface area contributed by atoms with E-state index in [1.165, 1.54) is 13.8 Å². The topological polar surface area (TPSA) is 206 Å². The van der Waals surface area contributed by atoms with Crippen molar-refractivity contribution in [2.24, 2.45) is 0 Å². The first-order valence-corrected chi connectivity index (χ1v) is 9.50. The smallest absolute Gasteiger partial charge is 0.328 e. The molecule has 170 valence electrons. The Balaban J connectivity index is 2.56. The third kappa shape index (κ3) is 7.57. The number of aliphatic carboxylic acids is 1. The van der Waals surface area contributed by atoms with Crippen molar-refractivity contribution in [3.05, 3.63) is 0 Å². The summed E-state index contributed by atoms with van der Waals surface area (Å²) in [5.41, 5.74) is 0. The Kier molecular flexibility index (Phi) is 10.1. The third-order valence-electron chi connectivity index (χ3n) is 4.49. The molecular weight excluding hydrogens is 402 g/mol. The molecule has 0 aliphatic carbocycles. The molecule has 0 unspecified atom stereocenters. The van der Waals surface area contributed by atoms with Gasteiger partial charge < -0.3 is 41.9 Å². The summed E-state index contributed by atoms with van der Waals surface area (Å²) in [5.74, 6) is -4.27. The summed E-state index contributed by atoms with van der Waals surface area (Å²) in [6.07, 6.45) is 1.50. The first-order valence-electron chi connectivity index (χ1n) is 9.50. The second-order valence-electron chi connectivity index (χ2n) is 6.94. The van der Waals surface area contributed by atoms with Gasteiger partial charge in [0.15, 0.2) is 0 Å². The highest BCUT2D eigenvalue weighted by Crippen LogP contribution is 2.05. The third-order valence-corrected chi connectivity index (χ3v) is 4.49. The van der Waals surface area contributed by atoms with Crippen molar-refractivity contribution in [2.45, 2.75) is 56.9 Å². The Hall–Kier alpha value is -2.77. The van der Waals surface area contributed by atoms with E-state index in [-0.39, 0.29) is 11.9 Å². The Bertz CT molecular complexity index is 652. The largest absolute Gasteiger partial charge is 0.480 e. The summed E-state index contributed by atoms with van der Waals surface area (Å²) in [7, 11) is 0. The van der Waals surface area contributed by atoms with Crippen LogP contribution in [0.15, 0.2) is 0 Å². The Labute approximate surface area is 173 Å². The molecule has 0 aromatic rings. The Morgan fingerprint density at radius 2 is 1.40 bits per heavy atom. The maximum atomic E-state index is 12.2. The summed E-state index contributed by atoms with van der Waals surface area (Å²) >= 11 is 0. The fraction of sp³-hybridized carbons (Fsp3) is 0.706. The van der Waals surface area contributed by atoms with E-state index in [4.69, 9.17) is 10.2 Å². The summed E-state index contributed by atoms with van der Waals surface area (Å²) < 4.78 is 0. The number of carbonyl (C=O) groups is 5. The number of carboxylic acids is 1. The van der Waals surface area contributed by atoms with Crippen LogP contribution in [0.4, 0.5) is 0 Å². The van der Waals surface area contributed by atoms with Crippen LogP contribution in [0, 0.1) is 0 Å². The number of aliphatic hydroxyl groups is 2. The normalized spacial score (nSPS) is 19.7. The van der Waals surface area contributed by atoms with E-state index in [1.54, 1.807) is 0 Å². The average molecular weight is 431 g/mol. The Morgan fingerprint density at radius 3 is 1.87 bits per heavy atom. The molecule has 0 bridgehead atoms. The zero-order valence-corrected chi connectivity index (χ0v) is 16.8. The molecule has 1 rings (SSSR count). The molecular formula is C17H29N5O8. The van der Waals surface area contributed by atoms with E-state index in [2.05, 4.69) is 21.3 Å². The second kappa shape index (κ2) is 12.0. The molecule has 4 amide bonds. The summed E-state index contributed by atoms with van der Waals surface area (Å²) in [6, 6.07) is -5.50. The van der Waals surface area contributed by atoms with Gasteiger partial charge in [0, 0.05) is 0 Å². The zero-order valence-electron chi connectivity index (χ0n) is 16.8. The minimum atomic E-state index is -1.54. The van der Waals surface area contributed by atoms with Gasteiger partial charge in [-0.05, 0) is 33.2 Å². The van der Waals surface area contributed by atoms with E-state index < -0.39 is 61.1 Å². The van der Waals surface area contributed by atoms with Crippen LogP contribution in [0.5, 0.6) is 0 Å². The molecule has 1 saturated heterocycles. The van der Waals surface area contributed by atoms with Crippen LogP contribution in [0.3, 0.4) is 0 Å². The summed E-state index contributed by atoms with van der Waals surface area (Å²) in [5, 5.41) is 39.2. The van der Waals surface area contributed by atoms with E-state index in [1.807, 2.05) is 5.32 Å². The lowest BCUT2D eigenvalue weighted by atomic mass is 10.2. The van der Waals surface area contributed by atoms with Gasteiger partial charge in [0.1, 0.15) is 24.2 Å². The molecule has 8 N–H and O–H groups in total. The van der Waals surface area contributed by atoms with E-state index in [9.17, 15) is 29.1 Å². The predicted molar refractivity (Wildman–Crippen MR) is 102 cm³/mol. The van der Waals surface area contributed by atoms with Crippen LogP contribution in [0.1, 0.15) is 26.7 Å². The lowest BCUT2D eigenvalue weighted by Gasteiger charge is -2.23. The van der Waals surface area contributed by atoms with Crippen LogP contribution in [0.25, 0.3) is 0 Å². The summed E-state index contributed by atoms with van der Waals surface area (Å²) in [4.78, 5) is 59.3. The van der Waals surface area contributed by atoms with E-state index >= 15 is 0 Å².